The van der Waals surface area contributed by atoms with Crippen LogP contribution in [0, 0.1) is 6.92 Å². The molecule has 2 atom stereocenters. The predicted molar refractivity (Wildman–Crippen MR) is 119 cm³/mol. The van der Waals surface area contributed by atoms with E-state index in [9.17, 15) is 0 Å². The van der Waals surface area contributed by atoms with E-state index in [4.69, 9.17) is 14.2 Å². The normalized spacial score (nSPS) is 19.9. The minimum absolute atomic E-state index is 0.235. The highest BCUT2D eigenvalue weighted by Crippen LogP contribution is 2.35. The van der Waals surface area contributed by atoms with Gasteiger partial charge in [-0.3, -0.25) is 4.90 Å². The molecule has 30 heavy (non-hydrogen) atoms. The quantitative estimate of drug-likeness (QED) is 0.715. The van der Waals surface area contributed by atoms with E-state index in [1.54, 1.807) is 0 Å². The summed E-state index contributed by atoms with van der Waals surface area (Å²) >= 11 is 0. The van der Waals surface area contributed by atoms with E-state index < -0.39 is 0 Å². The van der Waals surface area contributed by atoms with Crippen LogP contribution in [-0.4, -0.2) is 50.5 Å². The van der Waals surface area contributed by atoms with Crippen molar-refractivity contribution >= 4 is 0 Å². The lowest BCUT2D eigenvalue weighted by Crippen LogP contribution is -2.41. The fraction of sp³-hybridized carbons (Fsp3) is 0.520. The average molecular weight is 411 g/mol. The monoisotopic (exact) mass is 410 g/mol. The number of hydrogen-bond acceptors (Lipinski definition) is 5. The number of rotatable bonds is 8. The van der Waals surface area contributed by atoms with E-state index in [-0.39, 0.29) is 12.1 Å². The fourth-order valence-corrected chi connectivity index (χ4v) is 4.27. The van der Waals surface area contributed by atoms with Crippen LogP contribution < -0.4 is 14.8 Å². The molecule has 1 fully saturated rings. The molecule has 2 aromatic carbocycles. The lowest BCUT2D eigenvalue weighted by molar-refractivity contribution is 0.0333. The molecule has 4 rings (SSSR count). The Balaban J connectivity index is 1.52. The van der Waals surface area contributed by atoms with Gasteiger partial charge < -0.3 is 19.5 Å². The van der Waals surface area contributed by atoms with Gasteiger partial charge in [0.2, 0.25) is 0 Å². The topological polar surface area (TPSA) is 43.0 Å². The standard InChI is InChI=1S/C25H34N2O3/c1-4-29-24-14-21-13-19(3)30-25(21)15-22(24)16-26-23(17-27-9-11-28-12-10-27)20-7-5-18(2)6-8-20/h5-8,14-15,19,23,26H,4,9-13,16-17H2,1-3H3/t19-,23+/m1/s1. The van der Waals surface area contributed by atoms with Crippen molar-refractivity contribution in [2.75, 3.05) is 39.5 Å². The maximum absolute atomic E-state index is 6.00. The Morgan fingerprint density at radius 1 is 1.17 bits per heavy atom. The molecule has 2 aliphatic heterocycles. The van der Waals surface area contributed by atoms with Crippen LogP contribution in [-0.2, 0) is 17.7 Å². The minimum Gasteiger partial charge on any atom is -0.494 e. The number of fused-ring (bicyclic) bond motifs is 1. The Hall–Kier alpha value is -2.08. The second-order valence-electron chi connectivity index (χ2n) is 8.39. The Bertz CT molecular complexity index is 831. The van der Waals surface area contributed by atoms with E-state index in [0.717, 1.165) is 62.9 Å². The molecule has 1 saturated heterocycles. The molecule has 0 amide bonds. The third kappa shape index (κ3) is 5.15. The first-order valence-electron chi connectivity index (χ1n) is 11.2. The van der Waals surface area contributed by atoms with Crippen molar-refractivity contribution in [2.24, 2.45) is 0 Å². The van der Waals surface area contributed by atoms with Crippen LogP contribution in [0.2, 0.25) is 0 Å². The zero-order chi connectivity index (χ0) is 20.9. The summed E-state index contributed by atoms with van der Waals surface area (Å²) in [4.78, 5) is 2.48. The number of hydrogen-bond donors (Lipinski definition) is 1. The summed E-state index contributed by atoms with van der Waals surface area (Å²) in [6.07, 6.45) is 1.19. The van der Waals surface area contributed by atoms with Crippen LogP contribution in [0.3, 0.4) is 0 Å². The van der Waals surface area contributed by atoms with Gasteiger partial charge in [0.05, 0.1) is 19.8 Å². The maximum Gasteiger partial charge on any atom is 0.124 e. The van der Waals surface area contributed by atoms with Gasteiger partial charge in [0, 0.05) is 49.8 Å². The zero-order valence-electron chi connectivity index (χ0n) is 18.4. The first-order chi connectivity index (χ1) is 14.6. The third-order valence-corrected chi connectivity index (χ3v) is 5.94. The fourth-order valence-electron chi connectivity index (χ4n) is 4.27. The molecule has 2 heterocycles. The molecule has 0 bridgehead atoms. The van der Waals surface area contributed by atoms with Gasteiger partial charge in [-0.05, 0) is 38.5 Å². The second kappa shape index (κ2) is 9.82. The third-order valence-electron chi connectivity index (χ3n) is 5.94. The van der Waals surface area contributed by atoms with Gasteiger partial charge in [0.1, 0.15) is 17.6 Å². The molecule has 0 spiro atoms. The van der Waals surface area contributed by atoms with Crippen LogP contribution in [0.4, 0.5) is 0 Å². The molecule has 5 nitrogen and oxygen atoms in total. The molecule has 0 aromatic heterocycles. The average Bonchev–Trinajstić information content (AvgIpc) is 3.11. The van der Waals surface area contributed by atoms with Crippen molar-refractivity contribution in [1.29, 1.82) is 0 Å². The Morgan fingerprint density at radius 2 is 1.93 bits per heavy atom. The van der Waals surface area contributed by atoms with Crippen LogP contribution >= 0.6 is 0 Å². The number of benzene rings is 2. The largest absolute Gasteiger partial charge is 0.494 e. The summed E-state index contributed by atoms with van der Waals surface area (Å²) in [5.41, 5.74) is 5.00. The van der Waals surface area contributed by atoms with Gasteiger partial charge in [-0.25, -0.2) is 0 Å². The summed E-state index contributed by atoms with van der Waals surface area (Å²) in [5.74, 6) is 1.97. The van der Waals surface area contributed by atoms with E-state index in [1.165, 1.54) is 16.7 Å². The Labute approximate surface area is 180 Å². The lowest BCUT2D eigenvalue weighted by Gasteiger charge is -2.31. The van der Waals surface area contributed by atoms with Crippen LogP contribution in [0.15, 0.2) is 36.4 Å². The maximum atomic E-state index is 6.00. The lowest BCUT2D eigenvalue weighted by atomic mass is 10.0. The van der Waals surface area contributed by atoms with Crippen molar-refractivity contribution in [2.45, 2.75) is 45.9 Å². The molecule has 1 N–H and O–H groups in total. The summed E-state index contributed by atoms with van der Waals surface area (Å²) in [5, 5.41) is 3.80. The number of ether oxygens (including phenoxy) is 3. The molecule has 0 aliphatic carbocycles. The molecule has 0 unspecified atom stereocenters. The van der Waals surface area contributed by atoms with Crippen LogP contribution in [0.25, 0.3) is 0 Å². The van der Waals surface area contributed by atoms with Gasteiger partial charge in [-0.1, -0.05) is 29.8 Å². The first kappa shape index (κ1) is 21.2. The summed E-state index contributed by atoms with van der Waals surface area (Å²) in [6, 6.07) is 13.4. The Kier molecular flexibility index (Phi) is 6.93. The van der Waals surface area contributed by atoms with Crippen molar-refractivity contribution in [1.82, 2.24) is 10.2 Å². The molecular weight excluding hydrogens is 376 g/mol. The second-order valence-corrected chi connectivity index (χ2v) is 8.39. The predicted octanol–water partition coefficient (Wildman–Crippen LogP) is 3.88. The molecular formula is C25H34N2O3. The first-order valence-corrected chi connectivity index (χ1v) is 11.2. The number of nitrogens with one attached hydrogen (secondary N) is 1. The van der Waals surface area contributed by atoms with E-state index >= 15 is 0 Å². The van der Waals surface area contributed by atoms with E-state index in [2.05, 4.69) is 60.5 Å². The molecule has 162 valence electrons. The highest BCUT2D eigenvalue weighted by molar-refractivity contribution is 5.48. The van der Waals surface area contributed by atoms with Crippen LogP contribution in [0.5, 0.6) is 11.5 Å². The van der Waals surface area contributed by atoms with Crippen molar-refractivity contribution < 1.29 is 14.2 Å². The highest BCUT2D eigenvalue weighted by Gasteiger charge is 2.23. The molecule has 0 saturated carbocycles. The summed E-state index contributed by atoms with van der Waals surface area (Å²) < 4.78 is 17.5. The van der Waals surface area contributed by atoms with E-state index in [1.807, 2.05) is 6.92 Å². The van der Waals surface area contributed by atoms with Crippen molar-refractivity contribution in [3.63, 3.8) is 0 Å². The zero-order valence-corrected chi connectivity index (χ0v) is 18.4. The van der Waals surface area contributed by atoms with Gasteiger partial charge in [0.25, 0.3) is 0 Å². The van der Waals surface area contributed by atoms with E-state index in [0.29, 0.717) is 6.61 Å². The number of aryl methyl sites for hydroxylation is 1. The van der Waals surface area contributed by atoms with Gasteiger partial charge >= 0.3 is 0 Å². The molecule has 2 aromatic rings. The number of morpholine rings is 1. The summed E-state index contributed by atoms with van der Waals surface area (Å²) in [6.45, 7) is 12.3. The van der Waals surface area contributed by atoms with Crippen molar-refractivity contribution in [3.05, 3.63) is 58.7 Å². The van der Waals surface area contributed by atoms with Gasteiger partial charge in [-0.15, -0.1) is 0 Å². The number of nitrogens with zero attached hydrogens (tertiary/aromatic N) is 1. The minimum atomic E-state index is 0.235. The van der Waals surface area contributed by atoms with Gasteiger partial charge in [0.15, 0.2) is 0 Å². The molecule has 5 heteroatoms. The smallest absolute Gasteiger partial charge is 0.124 e. The van der Waals surface area contributed by atoms with Crippen LogP contribution in [0.1, 0.15) is 42.1 Å². The molecule has 2 aliphatic rings. The molecule has 0 radical (unpaired) electrons. The van der Waals surface area contributed by atoms with Crippen molar-refractivity contribution in [3.8, 4) is 11.5 Å². The highest BCUT2D eigenvalue weighted by atomic mass is 16.5. The Morgan fingerprint density at radius 3 is 2.67 bits per heavy atom. The SMILES string of the molecule is CCOc1cc2c(cc1CN[C@@H](CN1CCOCC1)c1ccc(C)cc1)O[C@H](C)C2. The van der Waals surface area contributed by atoms with Gasteiger partial charge in [-0.2, -0.15) is 0 Å². The summed E-state index contributed by atoms with van der Waals surface area (Å²) in [7, 11) is 0.